The summed E-state index contributed by atoms with van der Waals surface area (Å²) in [6.45, 7) is 3.16. The van der Waals surface area contributed by atoms with E-state index in [1.54, 1.807) is 18.9 Å². The molecule has 1 N–H and O–H groups in total. The van der Waals surface area contributed by atoms with Crippen LogP contribution in [0.4, 0.5) is 5.69 Å². The summed E-state index contributed by atoms with van der Waals surface area (Å²) in [5.74, 6) is -0.0158. The second-order valence-corrected chi connectivity index (χ2v) is 7.75. The highest BCUT2D eigenvalue weighted by atomic mass is 35.5. The Morgan fingerprint density at radius 1 is 1.27 bits per heavy atom. The molecule has 0 spiro atoms. The van der Waals surface area contributed by atoms with Crippen molar-refractivity contribution in [3.8, 4) is 0 Å². The van der Waals surface area contributed by atoms with Gasteiger partial charge in [-0.2, -0.15) is 4.31 Å². The molecule has 0 radical (unpaired) electrons. The zero-order valence-electron chi connectivity index (χ0n) is 14.7. The topological polar surface area (TPSA) is 113 Å². The van der Waals surface area contributed by atoms with Crippen molar-refractivity contribution in [2.75, 3.05) is 39.8 Å². The number of carbonyl (C=O) groups is 1. The Balaban J connectivity index is 0.00000338. The van der Waals surface area contributed by atoms with Crippen LogP contribution in [0.2, 0.25) is 0 Å². The molecule has 0 bridgehead atoms. The molecular weight excluding hydrogens is 384 g/mol. The molecule has 26 heavy (non-hydrogen) atoms. The van der Waals surface area contributed by atoms with E-state index in [9.17, 15) is 23.3 Å². The molecule has 0 aliphatic carbocycles. The molecule has 0 aromatic heterocycles. The number of aryl methyl sites for hydroxylation is 1. The Morgan fingerprint density at radius 2 is 1.88 bits per heavy atom. The van der Waals surface area contributed by atoms with E-state index < -0.39 is 14.9 Å². The Hall–Kier alpha value is -1.75. The zero-order chi connectivity index (χ0) is 18.6. The number of nitrogens with one attached hydrogen (secondary N) is 1. The van der Waals surface area contributed by atoms with Crippen molar-refractivity contribution < 1.29 is 18.1 Å². The average Bonchev–Trinajstić information content (AvgIpc) is 2.59. The van der Waals surface area contributed by atoms with E-state index in [1.807, 2.05) is 0 Å². The Bertz CT molecular complexity index is 763. The maximum atomic E-state index is 12.8. The van der Waals surface area contributed by atoms with Gasteiger partial charge in [0.1, 0.15) is 0 Å². The van der Waals surface area contributed by atoms with Crippen LogP contribution in [0.5, 0.6) is 0 Å². The van der Waals surface area contributed by atoms with Crippen LogP contribution in [0.25, 0.3) is 0 Å². The summed E-state index contributed by atoms with van der Waals surface area (Å²) in [5, 5.41) is 13.8. The van der Waals surface area contributed by atoms with Gasteiger partial charge in [-0.15, -0.1) is 12.4 Å². The van der Waals surface area contributed by atoms with Crippen molar-refractivity contribution in [1.82, 2.24) is 14.5 Å². The molecule has 1 amide bonds. The van der Waals surface area contributed by atoms with Crippen LogP contribution in [0, 0.1) is 17.0 Å². The lowest BCUT2D eigenvalue weighted by Gasteiger charge is -2.34. The molecule has 1 aromatic rings. The average molecular weight is 407 g/mol. The molecular formula is C15H23ClN4O5S. The standard InChI is InChI=1S/C15H22N4O5S.ClH/c1-12-3-4-13(19(21)22)11-14(12)25(23,24)18-9-7-17(8-10-18)15(20)5-6-16-2;/h3-4,11,16H,5-10H2,1-2H3;1H. The van der Waals surface area contributed by atoms with Gasteiger partial charge in [0.25, 0.3) is 5.69 Å². The van der Waals surface area contributed by atoms with Crippen LogP contribution < -0.4 is 5.32 Å². The third-order valence-electron chi connectivity index (χ3n) is 4.18. The van der Waals surface area contributed by atoms with Gasteiger partial charge in [0.05, 0.1) is 9.82 Å². The monoisotopic (exact) mass is 406 g/mol. The Kier molecular flexibility index (Phi) is 7.94. The molecule has 0 atom stereocenters. The van der Waals surface area contributed by atoms with Crippen LogP contribution >= 0.6 is 12.4 Å². The first-order valence-electron chi connectivity index (χ1n) is 7.95. The summed E-state index contributed by atoms with van der Waals surface area (Å²) < 4.78 is 26.9. The Morgan fingerprint density at radius 3 is 2.42 bits per heavy atom. The van der Waals surface area contributed by atoms with Crippen molar-refractivity contribution in [1.29, 1.82) is 0 Å². The third-order valence-corrected chi connectivity index (χ3v) is 6.22. The number of nitro groups is 1. The minimum Gasteiger partial charge on any atom is -0.340 e. The van der Waals surface area contributed by atoms with Gasteiger partial charge >= 0.3 is 0 Å². The molecule has 2 rings (SSSR count). The zero-order valence-corrected chi connectivity index (χ0v) is 16.3. The highest BCUT2D eigenvalue weighted by molar-refractivity contribution is 7.89. The van der Waals surface area contributed by atoms with Crippen LogP contribution in [0.1, 0.15) is 12.0 Å². The molecule has 1 aliphatic rings. The van der Waals surface area contributed by atoms with Crippen LogP contribution in [-0.4, -0.2) is 68.2 Å². The van der Waals surface area contributed by atoms with E-state index in [2.05, 4.69) is 5.32 Å². The van der Waals surface area contributed by atoms with Gasteiger partial charge in [-0.1, -0.05) is 6.07 Å². The number of benzene rings is 1. The molecule has 146 valence electrons. The first kappa shape index (κ1) is 22.3. The van der Waals surface area contributed by atoms with Crippen molar-refractivity contribution in [3.63, 3.8) is 0 Å². The summed E-state index contributed by atoms with van der Waals surface area (Å²) in [7, 11) is -2.07. The number of nitrogens with zero attached hydrogens (tertiary/aromatic N) is 3. The fourth-order valence-electron chi connectivity index (χ4n) is 2.69. The lowest BCUT2D eigenvalue weighted by Crippen LogP contribution is -2.50. The van der Waals surface area contributed by atoms with Gasteiger partial charge in [0.2, 0.25) is 15.9 Å². The molecule has 1 aliphatic heterocycles. The van der Waals surface area contributed by atoms with E-state index in [-0.39, 0.29) is 42.0 Å². The largest absolute Gasteiger partial charge is 0.340 e. The first-order chi connectivity index (χ1) is 11.8. The second kappa shape index (κ2) is 9.26. The van der Waals surface area contributed by atoms with Crippen molar-refractivity contribution in [2.24, 2.45) is 0 Å². The molecule has 1 saturated heterocycles. The molecule has 11 heteroatoms. The van der Waals surface area contributed by atoms with Crippen LogP contribution in [0.3, 0.4) is 0 Å². The van der Waals surface area contributed by atoms with Gasteiger partial charge in [-0.25, -0.2) is 8.42 Å². The number of hydrogen-bond acceptors (Lipinski definition) is 6. The Labute approximate surface area is 159 Å². The third kappa shape index (κ3) is 4.91. The highest BCUT2D eigenvalue weighted by Crippen LogP contribution is 2.25. The number of halogens is 1. The van der Waals surface area contributed by atoms with Gasteiger partial charge in [-0.3, -0.25) is 14.9 Å². The van der Waals surface area contributed by atoms with Gasteiger partial charge in [0, 0.05) is 51.3 Å². The van der Waals surface area contributed by atoms with E-state index in [4.69, 9.17) is 0 Å². The first-order valence-corrected chi connectivity index (χ1v) is 9.39. The second-order valence-electron chi connectivity index (χ2n) is 5.85. The predicted molar refractivity (Wildman–Crippen MR) is 99.0 cm³/mol. The van der Waals surface area contributed by atoms with Gasteiger partial charge in [0.15, 0.2) is 0 Å². The van der Waals surface area contributed by atoms with Crippen molar-refractivity contribution in [3.05, 3.63) is 33.9 Å². The van der Waals surface area contributed by atoms with E-state index in [1.165, 1.54) is 16.4 Å². The number of non-ortho nitro benzene ring substituents is 1. The molecule has 0 unspecified atom stereocenters. The van der Waals surface area contributed by atoms with E-state index >= 15 is 0 Å². The number of sulfonamides is 1. The summed E-state index contributed by atoms with van der Waals surface area (Å²) in [6, 6.07) is 3.81. The number of rotatable bonds is 6. The van der Waals surface area contributed by atoms with Gasteiger partial charge < -0.3 is 10.2 Å². The van der Waals surface area contributed by atoms with E-state index in [0.717, 1.165) is 6.07 Å². The van der Waals surface area contributed by atoms with Crippen molar-refractivity contribution in [2.45, 2.75) is 18.2 Å². The van der Waals surface area contributed by atoms with Crippen LogP contribution in [0.15, 0.2) is 23.1 Å². The number of carbonyl (C=O) groups excluding carboxylic acids is 1. The summed E-state index contributed by atoms with van der Waals surface area (Å²) >= 11 is 0. The minimum absolute atomic E-state index is 0. The fourth-order valence-corrected chi connectivity index (χ4v) is 4.35. The SMILES string of the molecule is CNCCC(=O)N1CCN(S(=O)(=O)c2cc([N+](=O)[O-])ccc2C)CC1.Cl. The molecule has 1 heterocycles. The molecule has 0 saturated carbocycles. The predicted octanol–water partition coefficient (Wildman–Crippen LogP) is 0.767. The lowest BCUT2D eigenvalue weighted by molar-refractivity contribution is -0.385. The maximum absolute atomic E-state index is 12.8. The lowest BCUT2D eigenvalue weighted by atomic mass is 10.2. The molecule has 1 aromatic carbocycles. The smallest absolute Gasteiger partial charge is 0.270 e. The van der Waals surface area contributed by atoms with Crippen LogP contribution in [-0.2, 0) is 14.8 Å². The number of amides is 1. The van der Waals surface area contributed by atoms with Crippen molar-refractivity contribution >= 4 is 34.0 Å². The number of nitro benzene ring substituents is 1. The van der Waals surface area contributed by atoms with Gasteiger partial charge in [-0.05, 0) is 19.5 Å². The maximum Gasteiger partial charge on any atom is 0.270 e. The molecule has 9 nitrogen and oxygen atoms in total. The fraction of sp³-hybridized carbons (Fsp3) is 0.533. The van der Waals surface area contributed by atoms with E-state index in [0.29, 0.717) is 31.6 Å². The normalized spacial score (nSPS) is 15.4. The highest BCUT2D eigenvalue weighted by Gasteiger charge is 2.31. The summed E-state index contributed by atoms with van der Waals surface area (Å²) in [4.78, 5) is 23.9. The quantitative estimate of drug-likeness (QED) is 0.551. The summed E-state index contributed by atoms with van der Waals surface area (Å²) in [5.41, 5.74) is 0.197. The number of hydrogen-bond donors (Lipinski definition) is 1. The number of piperazine rings is 1. The molecule has 1 fully saturated rings. The summed E-state index contributed by atoms with van der Waals surface area (Å²) in [6.07, 6.45) is 0.368. The minimum atomic E-state index is -3.84.